The van der Waals surface area contributed by atoms with Crippen LogP contribution in [-0.2, 0) is 4.74 Å². The van der Waals surface area contributed by atoms with Crippen molar-refractivity contribution >= 4 is 16.7 Å². The van der Waals surface area contributed by atoms with Crippen LogP contribution in [0.5, 0.6) is 5.75 Å². The Labute approximate surface area is 159 Å². The van der Waals surface area contributed by atoms with Crippen LogP contribution < -0.4 is 5.32 Å². The van der Waals surface area contributed by atoms with Crippen molar-refractivity contribution in [3.05, 3.63) is 42.0 Å². The highest BCUT2D eigenvalue weighted by Crippen LogP contribution is 2.27. The van der Waals surface area contributed by atoms with Crippen molar-refractivity contribution in [2.75, 3.05) is 52.5 Å². The molecule has 2 heterocycles. The number of amides is 1. The normalized spacial score (nSPS) is 21.6. The summed E-state index contributed by atoms with van der Waals surface area (Å²) in [5, 5.41) is 15.1. The summed E-state index contributed by atoms with van der Waals surface area (Å²) in [5.74, 6) is -0.155. The number of morpholine rings is 1. The topological polar surface area (TPSA) is 65.0 Å². The van der Waals surface area contributed by atoms with Crippen molar-refractivity contribution in [2.24, 2.45) is 0 Å². The highest BCUT2D eigenvalue weighted by atomic mass is 16.5. The second-order valence-electron chi connectivity index (χ2n) is 7.39. The maximum atomic E-state index is 12.8. The molecule has 6 heteroatoms. The summed E-state index contributed by atoms with van der Waals surface area (Å²) in [4.78, 5) is 17.7. The minimum absolute atomic E-state index is 0.0355. The molecule has 0 aromatic heterocycles. The molecule has 0 spiro atoms. The van der Waals surface area contributed by atoms with E-state index in [4.69, 9.17) is 4.74 Å². The predicted octanol–water partition coefficient (Wildman–Crippen LogP) is 1.68. The molecule has 1 atom stereocenters. The van der Waals surface area contributed by atoms with Crippen molar-refractivity contribution in [1.82, 2.24) is 15.1 Å². The van der Waals surface area contributed by atoms with Crippen LogP contribution in [-0.4, -0.2) is 79.3 Å². The molecule has 1 amide bonds. The zero-order valence-corrected chi connectivity index (χ0v) is 15.6. The minimum Gasteiger partial charge on any atom is -0.507 e. The Morgan fingerprint density at radius 1 is 1.07 bits per heavy atom. The van der Waals surface area contributed by atoms with Crippen LogP contribution in [0.4, 0.5) is 0 Å². The van der Waals surface area contributed by atoms with E-state index in [-0.39, 0.29) is 17.7 Å². The Morgan fingerprint density at radius 2 is 1.85 bits per heavy atom. The molecule has 2 saturated heterocycles. The smallest absolute Gasteiger partial charge is 0.255 e. The lowest BCUT2D eigenvalue weighted by Gasteiger charge is -2.28. The molecule has 0 saturated carbocycles. The van der Waals surface area contributed by atoms with Crippen molar-refractivity contribution in [3.8, 4) is 5.75 Å². The molecule has 2 aliphatic rings. The first-order chi connectivity index (χ1) is 13.2. The number of benzene rings is 2. The molecule has 1 unspecified atom stereocenters. The lowest BCUT2D eigenvalue weighted by Crippen LogP contribution is -2.42. The average molecular weight is 369 g/mol. The molecule has 2 aromatic carbocycles. The Morgan fingerprint density at radius 3 is 2.70 bits per heavy atom. The third kappa shape index (κ3) is 4.24. The fourth-order valence-electron chi connectivity index (χ4n) is 4.02. The van der Waals surface area contributed by atoms with Crippen molar-refractivity contribution in [1.29, 1.82) is 0 Å². The summed E-state index contributed by atoms with van der Waals surface area (Å²) in [6.45, 7) is 7.60. The number of hydrogen-bond donors (Lipinski definition) is 2. The first kappa shape index (κ1) is 18.2. The summed E-state index contributed by atoms with van der Waals surface area (Å²) >= 11 is 0. The van der Waals surface area contributed by atoms with Crippen LogP contribution in [0.1, 0.15) is 16.8 Å². The fourth-order valence-corrected chi connectivity index (χ4v) is 4.02. The van der Waals surface area contributed by atoms with Crippen LogP contribution in [0.3, 0.4) is 0 Å². The van der Waals surface area contributed by atoms with Crippen LogP contribution in [0, 0.1) is 0 Å². The van der Waals surface area contributed by atoms with Gasteiger partial charge in [-0.05, 0) is 23.3 Å². The van der Waals surface area contributed by atoms with Gasteiger partial charge in [0.15, 0.2) is 0 Å². The number of carbonyl (C=O) groups excluding carboxylic acids is 1. The van der Waals surface area contributed by atoms with Gasteiger partial charge < -0.3 is 15.2 Å². The van der Waals surface area contributed by atoms with E-state index in [1.54, 1.807) is 6.07 Å². The first-order valence-corrected chi connectivity index (χ1v) is 9.75. The van der Waals surface area contributed by atoms with Gasteiger partial charge in [-0.2, -0.15) is 0 Å². The molecule has 2 N–H and O–H groups in total. The lowest BCUT2D eigenvalue weighted by atomic mass is 10.0. The molecule has 0 aliphatic carbocycles. The Bertz CT molecular complexity index is 804. The van der Waals surface area contributed by atoms with E-state index in [1.807, 2.05) is 30.3 Å². The van der Waals surface area contributed by atoms with Gasteiger partial charge in [0, 0.05) is 45.3 Å². The number of aromatic hydroxyl groups is 1. The van der Waals surface area contributed by atoms with Gasteiger partial charge in [-0.25, -0.2) is 0 Å². The molecule has 2 fully saturated rings. The van der Waals surface area contributed by atoms with Crippen molar-refractivity contribution in [3.63, 3.8) is 0 Å². The zero-order valence-electron chi connectivity index (χ0n) is 15.6. The zero-order chi connectivity index (χ0) is 18.6. The van der Waals surface area contributed by atoms with E-state index >= 15 is 0 Å². The van der Waals surface area contributed by atoms with Crippen LogP contribution in [0.2, 0.25) is 0 Å². The molecular formula is C21H27N3O3. The minimum atomic E-state index is -0.190. The number of nitrogens with one attached hydrogen (secondary N) is 1. The third-order valence-electron chi connectivity index (χ3n) is 5.58. The van der Waals surface area contributed by atoms with E-state index in [0.29, 0.717) is 5.56 Å². The SMILES string of the molecule is O=C(NC1CCN(CCN2CCOCC2)C1)c1c(O)ccc2ccccc12. The molecule has 2 aromatic rings. The van der Waals surface area contributed by atoms with E-state index in [2.05, 4.69) is 15.1 Å². The number of ether oxygens (including phenoxy) is 1. The number of carbonyl (C=O) groups is 1. The highest BCUT2D eigenvalue weighted by Gasteiger charge is 2.26. The maximum absolute atomic E-state index is 12.8. The van der Waals surface area contributed by atoms with E-state index < -0.39 is 0 Å². The van der Waals surface area contributed by atoms with Crippen molar-refractivity contribution < 1.29 is 14.6 Å². The van der Waals surface area contributed by atoms with Crippen LogP contribution in [0.25, 0.3) is 10.8 Å². The van der Waals surface area contributed by atoms with Crippen molar-refractivity contribution in [2.45, 2.75) is 12.5 Å². The summed E-state index contributed by atoms with van der Waals surface area (Å²) < 4.78 is 5.39. The summed E-state index contributed by atoms with van der Waals surface area (Å²) in [6, 6.07) is 11.2. The first-order valence-electron chi connectivity index (χ1n) is 9.75. The number of nitrogens with zero attached hydrogens (tertiary/aromatic N) is 2. The van der Waals surface area contributed by atoms with Gasteiger partial charge in [0.1, 0.15) is 5.75 Å². The van der Waals surface area contributed by atoms with Gasteiger partial charge in [0.05, 0.1) is 18.8 Å². The average Bonchev–Trinajstić information content (AvgIpc) is 3.14. The van der Waals surface area contributed by atoms with Gasteiger partial charge in [-0.1, -0.05) is 30.3 Å². The molecule has 0 bridgehead atoms. The predicted molar refractivity (Wildman–Crippen MR) is 105 cm³/mol. The molecule has 144 valence electrons. The molecule has 27 heavy (non-hydrogen) atoms. The van der Waals surface area contributed by atoms with E-state index in [0.717, 1.165) is 69.7 Å². The second kappa shape index (κ2) is 8.25. The summed E-state index contributed by atoms with van der Waals surface area (Å²) in [5.41, 5.74) is 0.375. The standard InChI is InChI=1S/C21H27N3O3/c25-19-6-5-16-3-1-2-4-18(16)20(19)21(26)22-17-7-8-24(15-17)10-9-23-11-13-27-14-12-23/h1-6,17,25H,7-15H2,(H,22,26). The molecular weight excluding hydrogens is 342 g/mol. The largest absolute Gasteiger partial charge is 0.507 e. The number of phenols is 1. The Hall–Kier alpha value is -2.15. The van der Waals surface area contributed by atoms with Crippen LogP contribution >= 0.6 is 0 Å². The second-order valence-corrected chi connectivity index (χ2v) is 7.39. The quantitative estimate of drug-likeness (QED) is 0.840. The van der Waals surface area contributed by atoms with Gasteiger partial charge in [-0.15, -0.1) is 0 Å². The van der Waals surface area contributed by atoms with Gasteiger partial charge >= 0.3 is 0 Å². The van der Waals surface area contributed by atoms with Gasteiger partial charge in [0.2, 0.25) is 0 Å². The van der Waals surface area contributed by atoms with E-state index in [1.165, 1.54) is 0 Å². The lowest BCUT2D eigenvalue weighted by molar-refractivity contribution is 0.0343. The molecule has 4 rings (SSSR count). The number of phenolic OH excluding ortho intramolecular Hbond substituents is 1. The van der Waals surface area contributed by atoms with Gasteiger partial charge in [0.25, 0.3) is 5.91 Å². The monoisotopic (exact) mass is 369 g/mol. The number of likely N-dealkylation sites (tertiary alicyclic amines) is 1. The summed E-state index contributed by atoms with van der Waals surface area (Å²) in [6.07, 6.45) is 0.945. The number of hydrogen-bond acceptors (Lipinski definition) is 5. The number of fused-ring (bicyclic) bond motifs is 1. The fraction of sp³-hybridized carbons (Fsp3) is 0.476. The molecule has 0 radical (unpaired) electrons. The van der Waals surface area contributed by atoms with Crippen LogP contribution in [0.15, 0.2) is 36.4 Å². The molecule has 6 nitrogen and oxygen atoms in total. The van der Waals surface area contributed by atoms with E-state index in [9.17, 15) is 9.90 Å². The Balaban J connectivity index is 1.35. The van der Waals surface area contributed by atoms with Gasteiger partial charge in [-0.3, -0.25) is 14.6 Å². The number of rotatable bonds is 5. The Kier molecular flexibility index (Phi) is 5.57. The highest BCUT2D eigenvalue weighted by molar-refractivity contribution is 6.09. The maximum Gasteiger partial charge on any atom is 0.255 e. The molecule has 2 aliphatic heterocycles. The third-order valence-corrected chi connectivity index (χ3v) is 5.58. The summed E-state index contributed by atoms with van der Waals surface area (Å²) in [7, 11) is 0.